The molecule has 2 nitrogen and oxygen atoms in total. The highest BCUT2D eigenvalue weighted by atomic mass is 79.9. The van der Waals surface area contributed by atoms with Crippen LogP contribution in [-0.4, -0.2) is 15.8 Å². The van der Waals surface area contributed by atoms with Crippen molar-refractivity contribution in [2.75, 3.05) is 6.61 Å². The van der Waals surface area contributed by atoms with Crippen molar-refractivity contribution in [1.29, 1.82) is 0 Å². The van der Waals surface area contributed by atoms with E-state index in [1.807, 2.05) is 0 Å². The van der Waals surface area contributed by atoms with Gasteiger partial charge in [0.05, 0.1) is 9.84 Å². The molecule has 0 saturated heterocycles. The lowest BCUT2D eigenvalue weighted by molar-refractivity contribution is -0.141. The molecule has 0 aromatic heterocycles. The van der Waals surface area contributed by atoms with Crippen molar-refractivity contribution in [3.8, 4) is 0 Å². The van der Waals surface area contributed by atoms with Gasteiger partial charge in [0.1, 0.15) is 0 Å². The normalized spacial score (nSPS) is 29.6. The molecule has 1 saturated carbocycles. The Hall–Kier alpha value is 0.430. The Bertz CT molecular complexity index is 197. The second-order valence-electron chi connectivity index (χ2n) is 3.70. The van der Waals surface area contributed by atoms with Gasteiger partial charge in [-0.25, -0.2) is 0 Å². The van der Waals surface area contributed by atoms with Gasteiger partial charge in [0.25, 0.3) is 0 Å². The van der Waals surface area contributed by atoms with Crippen molar-refractivity contribution in [3.05, 3.63) is 0 Å². The largest absolute Gasteiger partial charge is 0.465 e. The van der Waals surface area contributed by atoms with Gasteiger partial charge in [-0.05, 0) is 5.41 Å². The van der Waals surface area contributed by atoms with Crippen LogP contribution in [-0.2, 0) is 9.53 Å². The maximum Gasteiger partial charge on any atom is 0.302 e. The van der Waals surface area contributed by atoms with E-state index in [2.05, 4.69) is 45.7 Å². The molecule has 0 amide bonds. The van der Waals surface area contributed by atoms with Gasteiger partial charge in [-0.2, -0.15) is 0 Å². The minimum atomic E-state index is -0.214. The average molecular weight is 300 g/mol. The highest BCUT2D eigenvalue weighted by Crippen LogP contribution is 2.70. The second-order valence-corrected chi connectivity index (χ2v) is 7.27. The summed E-state index contributed by atoms with van der Waals surface area (Å²) in [6, 6.07) is 0. The Morgan fingerprint density at radius 1 is 1.50 bits per heavy atom. The zero-order valence-corrected chi connectivity index (χ0v) is 10.5. The van der Waals surface area contributed by atoms with Crippen LogP contribution in [0.15, 0.2) is 0 Å². The van der Waals surface area contributed by atoms with Gasteiger partial charge < -0.3 is 4.74 Å². The first-order valence-electron chi connectivity index (χ1n) is 3.81. The van der Waals surface area contributed by atoms with E-state index in [0.717, 1.165) is 0 Å². The van der Waals surface area contributed by atoms with E-state index in [-0.39, 0.29) is 14.6 Å². The standard InChI is InChI=1S/C8H12Br2O2/c1-5(11)12-4-6-7(2,3)8(6,9)10/h6H,4H2,1-3H3/t6-/m1/s1. The second kappa shape index (κ2) is 2.98. The van der Waals surface area contributed by atoms with Crippen LogP contribution in [0.5, 0.6) is 0 Å². The highest BCUT2D eigenvalue weighted by molar-refractivity contribution is 9.25. The maximum absolute atomic E-state index is 10.5. The smallest absolute Gasteiger partial charge is 0.302 e. The lowest BCUT2D eigenvalue weighted by atomic mass is 10.1. The van der Waals surface area contributed by atoms with Gasteiger partial charge in [0.2, 0.25) is 0 Å². The fourth-order valence-corrected chi connectivity index (χ4v) is 3.00. The molecule has 0 radical (unpaired) electrons. The number of hydrogen-bond acceptors (Lipinski definition) is 2. The van der Waals surface area contributed by atoms with Crippen LogP contribution in [0, 0.1) is 11.3 Å². The summed E-state index contributed by atoms with van der Waals surface area (Å²) in [6.45, 7) is 6.17. The Kier molecular flexibility index (Phi) is 2.61. The monoisotopic (exact) mass is 298 g/mol. The van der Waals surface area contributed by atoms with E-state index in [9.17, 15) is 4.79 Å². The predicted octanol–water partition coefficient (Wildman–Crippen LogP) is 2.69. The van der Waals surface area contributed by atoms with Gasteiger partial charge in [-0.1, -0.05) is 45.7 Å². The number of esters is 1. The summed E-state index contributed by atoms with van der Waals surface area (Å²) in [5.74, 6) is 0.141. The Morgan fingerprint density at radius 3 is 2.17 bits per heavy atom. The molecule has 0 bridgehead atoms. The molecule has 0 heterocycles. The van der Waals surface area contributed by atoms with Gasteiger partial charge in [0, 0.05) is 12.8 Å². The molecule has 1 atom stereocenters. The number of carbonyl (C=O) groups is 1. The van der Waals surface area contributed by atoms with Gasteiger partial charge in [-0.3, -0.25) is 4.79 Å². The molecule has 0 N–H and O–H groups in total. The summed E-state index contributed by atoms with van der Waals surface area (Å²) in [5.41, 5.74) is 0.155. The summed E-state index contributed by atoms with van der Waals surface area (Å²) in [6.07, 6.45) is 0. The molecule has 0 aromatic carbocycles. The molecule has 70 valence electrons. The minimum Gasteiger partial charge on any atom is -0.465 e. The van der Waals surface area contributed by atoms with Crippen molar-refractivity contribution in [1.82, 2.24) is 0 Å². The number of ether oxygens (including phenoxy) is 1. The Morgan fingerprint density at radius 2 is 1.92 bits per heavy atom. The Labute approximate surface area is 89.3 Å². The summed E-state index contributed by atoms with van der Waals surface area (Å²) < 4.78 is 4.88. The first-order valence-corrected chi connectivity index (χ1v) is 5.40. The van der Waals surface area contributed by atoms with E-state index >= 15 is 0 Å². The number of alkyl halides is 2. The molecule has 1 fully saturated rings. The molecule has 0 aromatic rings. The third kappa shape index (κ3) is 1.55. The van der Waals surface area contributed by atoms with Crippen LogP contribution in [0.4, 0.5) is 0 Å². The van der Waals surface area contributed by atoms with Gasteiger partial charge in [0.15, 0.2) is 0 Å². The van der Waals surface area contributed by atoms with E-state index < -0.39 is 0 Å². The van der Waals surface area contributed by atoms with E-state index in [1.54, 1.807) is 0 Å². The first kappa shape index (κ1) is 10.5. The summed E-state index contributed by atoms with van der Waals surface area (Å²) in [7, 11) is 0. The van der Waals surface area contributed by atoms with Crippen molar-refractivity contribution in [2.24, 2.45) is 11.3 Å². The highest BCUT2D eigenvalue weighted by Gasteiger charge is 2.69. The quantitative estimate of drug-likeness (QED) is 0.579. The molecule has 1 aliphatic rings. The zero-order valence-electron chi connectivity index (χ0n) is 7.36. The molecular weight excluding hydrogens is 288 g/mol. The predicted molar refractivity (Wildman–Crippen MR) is 54.5 cm³/mol. The molecule has 12 heavy (non-hydrogen) atoms. The zero-order chi connectivity index (χ0) is 9.57. The van der Waals surface area contributed by atoms with Crippen LogP contribution in [0.1, 0.15) is 20.8 Å². The fourth-order valence-electron chi connectivity index (χ4n) is 1.27. The van der Waals surface area contributed by atoms with Crippen LogP contribution >= 0.6 is 31.9 Å². The minimum absolute atomic E-state index is 0.0531. The molecular formula is C8H12Br2O2. The van der Waals surface area contributed by atoms with Crippen molar-refractivity contribution >= 4 is 37.8 Å². The molecule has 4 heteroatoms. The van der Waals surface area contributed by atoms with Crippen molar-refractivity contribution in [3.63, 3.8) is 0 Å². The molecule has 0 unspecified atom stereocenters. The molecule has 1 aliphatic carbocycles. The average Bonchev–Trinajstić information content (AvgIpc) is 2.21. The Balaban J connectivity index is 2.44. The number of rotatable bonds is 2. The van der Waals surface area contributed by atoms with Gasteiger partial charge >= 0.3 is 5.97 Å². The van der Waals surface area contributed by atoms with Crippen molar-refractivity contribution in [2.45, 2.75) is 24.0 Å². The van der Waals surface area contributed by atoms with Crippen LogP contribution in [0.3, 0.4) is 0 Å². The van der Waals surface area contributed by atoms with E-state index in [0.29, 0.717) is 12.5 Å². The maximum atomic E-state index is 10.5. The summed E-state index contributed by atoms with van der Waals surface area (Å²) in [5, 5.41) is 0. The molecule has 1 rings (SSSR count). The molecule has 0 spiro atoms. The lowest BCUT2D eigenvalue weighted by Crippen LogP contribution is -2.05. The SMILES string of the molecule is CC(=O)OC[C@@H]1C(C)(C)C1(Br)Br. The van der Waals surface area contributed by atoms with Gasteiger partial charge in [-0.15, -0.1) is 0 Å². The van der Waals surface area contributed by atoms with Crippen LogP contribution in [0.2, 0.25) is 0 Å². The summed E-state index contributed by atoms with van der Waals surface area (Å²) in [4.78, 5) is 10.5. The fraction of sp³-hybridized carbons (Fsp3) is 0.875. The number of halogens is 2. The van der Waals surface area contributed by atoms with Crippen molar-refractivity contribution < 1.29 is 9.53 Å². The van der Waals surface area contributed by atoms with E-state index in [1.165, 1.54) is 6.92 Å². The number of carbonyl (C=O) groups excluding carboxylic acids is 1. The third-order valence-electron chi connectivity index (χ3n) is 2.54. The number of hydrogen-bond donors (Lipinski definition) is 0. The first-order chi connectivity index (χ1) is 5.30. The van der Waals surface area contributed by atoms with Crippen LogP contribution < -0.4 is 0 Å². The van der Waals surface area contributed by atoms with Crippen LogP contribution in [0.25, 0.3) is 0 Å². The lowest BCUT2D eigenvalue weighted by Gasteiger charge is -2.01. The molecule has 0 aliphatic heterocycles. The van der Waals surface area contributed by atoms with E-state index in [4.69, 9.17) is 4.74 Å². The third-order valence-corrected chi connectivity index (χ3v) is 5.69. The topological polar surface area (TPSA) is 26.3 Å². The summed E-state index contributed by atoms with van der Waals surface area (Å²) >= 11 is 7.10.